The number of hydrogen-bond donors (Lipinski definition) is 0. The van der Waals surface area contributed by atoms with E-state index in [2.05, 4.69) is 4.74 Å². The Morgan fingerprint density at radius 3 is 1.93 bits per heavy atom. The van der Waals surface area contributed by atoms with Gasteiger partial charge in [0.1, 0.15) is 0 Å². The first kappa shape index (κ1) is 13.6. The Hall–Kier alpha value is -0.390. The molecule has 0 unspecified atom stereocenters. The molecular weight excluding hydrogens is 207 g/mol. The van der Waals surface area contributed by atoms with E-state index in [0.717, 1.165) is 0 Å². The molecule has 0 bridgehead atoms. The first-order valence-electron chi connectivity index (χ1n) is 4.21. The summed E-state index contributed by atoms with van der Waals surface area (Å²) in [6, 6.07) is 0. The highest BCUT2D eigenvalue weighted by Gasteiger charge is 2.33. The molecule has 86 valence electrons. The lowest BCUT2D eigenvalue weighted by Gasteiger charge is -2.20. The largest absolute Gasteiger partial charge is 0.391 e. The summed E-state index contributed by atoms with van der Waals surface area (Å²) in [4.78, 5) is 0. The van der Waals surface area contributed by atoms with Crippen LogP contribution in [0.1, 0.15) is 26.7 Å². The molecule has 1 nitrogen and oxygen atoms in total. The number of alkyl halides is 5. The van der Waals surface area contributed by atoms with Gasteiger partial charge >= 0.3 is 12.8 Å². The molecule has 0 aliphatic carbocycles. The van der Waals surface area contributed by atoms with E-state index in [9.17, 15) is 22.0 Å². The number of hydrogen-bond acceptors (Lipinski definition) is 1. The Morgan fingerprint density at radius 1 is 1.14 bits per heavy atom. The van der Waals surface area contributed by atoms with Gasteiger partial charge in [-0.3, -0.25) is 0 Å². The Bertz CT molecular complexity index is 144. The highest BCUT2D eigenvalue weighted by molar-refractivity contribution is 4.65. The maximum atomic E-state index is 11.9. The molecule has 14 heavy (non-hydrogen) atoms. The van der Waals surface area contributed by atoms with E-state index in [1.807, 2.05) is 0 Å². The van der Waals surface area contributed by atoms with Crippen molar-refractivity contribution in [3.05, 3.63) is 0 Å². The fourth-order valence-electron chi connectivity index (χ4n) is 1.12. The van der Waals surface area contributed by atoms with Crippen LogP contribution in [0.5, 0.6) is 0 Å². The van der Waals surface area contributed by atoms with E-state index >= 15 is 0 Å². The maximum Gasteiger partial charge on any atom is 0.391 e. The highest BCUT2D eigenvalue weighted by atomic mass is 19.4. The summed E-state index contributed by atoms with van der Waals surface area (Å²) in [6.07, 6.45) is -7.26. The monoisotopic (exact) mass is 220 g/mol. The number of ether oxygens (including phenoxy) is 1. The zero-order valence-corrected chi connectivity index (χ0v) is 7.94. The molecule has 0 aromatic rings. The number of halogens is 5. The zero-order chi connectivity index (χ0) is 11.4. The van der Waals surface area contributed by atoms with Crippen molar-refractivity contribution in [3.63, 3.8) is 0 Å². The summed E-state index contributed by atoms with van der Waals surface area (Å²) in [5.41, 5.74) is 0. The van der Waals surface area contributed by atoms with Crippen LogP contribution in [0.3, 0.4) is 0 Å². The maximum absolute atomic E-state index is 11.9. The minimum atomic E-state index is -4.46. The fourth-order valence-corrected chi connectivity index (χ4v) is 1.12. The quantitative estimate of drug-likeness (QED) is 0.643. The van der Waals surface area contributed by atoms with Crippen LogP contribution in [-0.2, 0) is 4.74 Å². The van der Waals surface area contributed by atoms with Crippen LogP contribution in [0.2, 0.25) is 0 Å². The minimum Gasteiger partial charge on any atom is -0.319 e. The molecule has 0 aromatic carbocycles. The second kappa shape index (κ2) is 5.48. The second-order valence-electron chi connectivity index (χ2n) is 3.47. The van der Waals surface area contributed by atoms with Crippen molar-refractivity contribution >= 4 is 0 Å². The standard InChI is InChI=1S/C8H13F5O/c1-5(2)3-6(14-7(9)10)4-8(11,12)13/h5-7H,3-4H2,1-2H3/t6-/m1/s1. The summed E-state index contributed by atoms with van der Waals surface area (Å²) in [5.74, 6) is -0.110. The third-order valence-electron chi connectivity index (χ3n) is 1.49. The molecule has 0 N–H and O–H groups in total. The first-order chi connectivity index (χ1) is 6.20. The molecule has 0 saturated carbocycles. The van der Waals surface area contributed by atoms with Gasteiger partial charge < -0.3 is 4.74 Å². The van der Waals surface area contributed by atoms with Crippen molar-refractivity contribution in [1.29, 1.82) is 0 Å². The van der Waals surface area contributed by atoms with E-state index < -0.39 is 25.3 Å². The van der Waals surface area contributed by atoms with Gasteiger partial charge in [-0.25, -0.2) is 0 Å². The van der Waals surface area contributed by atoms with Gasteiger partial charge in [0.2, 0.25) is 0 Å². The normalized spacial score (nSPS) is 15.2. The SMILES string of the molecule is CC(C)C[C@H](CC(F)(F)F)OC(F)F. The molecule has 0 heterocycles. The Kier molecular flexibility index (Phi) is 5.33. The molecule has 0 aliphatic rings. The van der Waals surface area contributed by atoms with Crippen LogP contribution in [0, 0.1) is 5.92 Å². The summed E-state index contributed by atoms with van der Waals surface area (Å²) < 4.78 is 63.0. The Morgan fingerprint density at radius 2 is 1.64 bits per heavy atom. The average Bonchev–Trinajstić information content (AvgIpc) is 1.77. The summed E-state index contributed by atoms with van der Waals surface area (Å²) >= 11 is 0. The second-order valence-corrected chi connectivity index (χ2v) is 3.47. The lowest BCUT2D eigenvalue weighted by atomic mass is 10.0. The van der Waals surface area contributed by atoms with Gasteiger partial charge in [-0.2, -0.15) is 22.0 Å². The third-order valence-corrected chi connectivity index (χ3v) is 1.49. The molecule has 0 aliphatic heterocycles. The Balaban J connectivity index is 4.11. The summed E-state index contributed by atoms with van der Waals surface area (Å²) in [5, 5.41) is 0. The molecule has 0 amide bonds. The average molecular weight is 220 g/mol. The van der Waals surface area contributed by atoms with E-state index in [1.54, 1.807) is 13.8 Å². The van der Waals surface area contributed by atoms with Gasteiger partial charge in [0, 0.05) is 0 Å². The molecule has 0 fully saturated rings. The van der Waals surface area contributed by atoms with Gasteiger partial charge in [-0.05, 0) is 12.3 Å². The molecule has 0 radical (unpaired) electrons. The van der Waals surface area contributed by atoms with E-state index in [0.29, 0.717) is 0 Å². The van der Waals surface area contributed by atoms with Gasteiger partial charge in [-0.1, -0.05) is 13.8 Å². The minimum absolute atomic E-state index is 0.0240. The molecule has 0 rings (SSSR count). The molecule has 1 atom stereocenters. The van der Waals surface area contributed by atoms with Crippen LogP contribution < -0.4 is 0 Å². The van der Waals surface area contributed by atoms with E-state index in [-0.39, 0.29) is 12.3 Å². The van der Waals surface area contributed by atoms with E-state index in [1.165, 1.54) is 0 Å². The lowest BCUT2D eigenvalue weighted by molar-refractivity contribution is -0.210. The van der Waals surface area contributed by atoms with Gasteiger partial charge in [0.25, 0.3) is 0 Å². The smallest absolute Gasteiger partial charge is 0.319 e. The van der Waals surface area contributed by atoms with Crippen LogP contribution in [-0.4, -0.2) is 18.9 Å². The Labute approximate surface area is 79.2 Å². The first-order valence-corrected chi connectivity index (χ1v) is 4.21. The zero-order valence-electron chi connectivity index (χ0n) is 7.94. The van der Waals surface area contributed by atoms with Gasteiger partial charge in [0.15, 0.2) is 0 Å². The van der Waals surface area contributed by atoms with Crippen molar-refractivity contribution in [3.8, 4) is 0 Å². The van der Waals surface area contributed by atoms with Crippen molar-refractivity contribution in [2.75, 3.05) is 0 Å². The van der Waals surface area contributed by atoms with E-state index in [4.69, 9.17) is 0 Å². The fraction of sp³-hybridized carbons (Fsp3) is 1.00. The van der Waals surface area contributed by atoms with Crippen LogP contribution in [0.15, 0.2) is 0 Å². The van der Waals surface area contributed by atoms with Crippen molar-refractivity contribution in [2.24, 2.45) is 5.92 Å². The predicted molar refractivity (Wildman–Crippen MR) is 41.0 cm³/mol. The van der Waals surface area contributed by atoms with Crippen LogP contribution in [0.4, 0.5) is 22.0 Å². The van der Waals surface area contributed by atoms with Crippen molar-refractivity contribution in [2.45, 2.75) is 45.6 Å². The summed E-state index contributed by atoms with van der Waals surface area (Å²) in [6.45, 7) is 0.150. The lowest BCUT2D eigenvalue weighted by Crippen LogP contribution is -2.25. The molecular formula is C8H13F5O. The van der Waals surface area contributed by atoms with Crippen LogP contribution >= 0.6 is 0 Å². The predicted octanol–water partition coefficient (Wildman–Crippen LogP) is 3.59. The molecule has 0 saturated heterocycles. The van der Waals surface area contributed by atoms with Crippen LogP contribution in [0.25, 0.3) is 0 Å². The van der Waals surface area contributed by atoms with Crippen molar-refractivity contribution in [1.82, 2.24) is 0 Å². The van der Waals surface area contributed by atoms with Gasteiger partial charge in [0.05, 0.1) is 12.5 Å². The molecule has 6 heteroatoms. The van der Waals surface area contributed by atoms with Gasteiger partial charge in [-0.15, -0.1) is 0 Å². The molecule has 0 spiro atoms. The molecule has 0 aromatic heterocycles. The third kappa shape index (κ3) is 8.22. The number of rotatable bonds is 5. The highest BCUT2D eigenvalue weighted by Crippen LogP contribution is 2.27. The topological polar surface area (TPSA) is 9.23 Å². The summed E-state index contributed by atoms with van der Waals surface area (Å²) in [7, 11) is 0. The van der Waals surface area contributed by atoms with Crippen molar-refractivity contribution < 1.29 is 26.7 Å².